The Bertz CT molecular complexity index is 250. The lowest BCUT2D eigenvalue weighted by molar-refractivity contribution is 0.200. The highest BCUT2D eigenvalue weighted by molar-refractivity contribution is 5.78. The third kappa shape index (κ3) is 3.60. The van der Waals surface area contributed by atoms with E-state index in [2.05, 4.69) is 14.8 Å². The molecule has 0 aromatic heterocycles. The maximum atomic E-state index is 5.93. The first-order valence-electron chi connectivity index (χ1n) is 7.07. The van der Waals surface area contributed by atoms with Crippen molar-refractivity contribution in [2.75, 3.05) is 39.3 Å². The highest BCUT2D eigenvalue weighted by Crippen LogP contribution is 2.20. The predicted octanol–water partition coefficient (Wildman–Crippen LogP) is 1.13. The third-order valence-corrected chi connectivity index (χ3v) is 3.97. The topological polar surface area (TPSA) is 44.9 Å². The molecule has 0 aromatic rings. The Hall–Kier alpha value is -0.770. The van der Waals surface area contributed by atoms with Crippen LogP contribution >= 0.6 is 0 Å². The summed E-state index contributed by atoms with van der Waals surface area (Å²) >= 11 is 0. The summed E-state index contributed by atoms with van der Waals surface area (Å²) in [5.74, 6) is 1.62. The van der Waals surface area contributed by atoms with Crippen LogP contribution < -0.4 is 5.73 Å². The van der Waals surface area contributed by atoms with Crippen LogP contribution in [-0.2, 0) is 0 Å². The molecule has 0 radical (unpaired) electrons. The Balaban J connectivity index is 1.72. The third-order valence-electron chi connectivity index (χ3n) is 3.97. The molecule has 0 spiro atoms. The molecule has 2 aliphatic heterocycles. The molecule has 2 rings (SSSR count). The second kappa shape index (κ2) is 6.24. The van der Waals surface area contributed by atoms with Crippen LogP contribution in [0.1, 0.15) is 32.6 Å². The molecular formula is C13H26N4. The molecule has 0 aliphatic carbocycles. The van der Waals surface area contributed by atoms with Crippen LogP contribution in [0.4, 0.5) is 0 Å². The van der Waals surface area contributed by atoms with Crippen LogP contribution in [0.2, 0.25) is 0 Å². The minimum Gasteiger partial charge on any atom is -0.370 e. The lowest BCUT2D eigenvalue weighted by Crippen LogP contribution is -2.44. The Kier molecular flexibility index (Phi) is 4.66. The smallest absolute Gasteiger partial charge is 0.191 e. The number of nitrogens with zero attached hydrogens (tertiary/aromatic N) is 3. The molecule has 0 bridgehead atoms. The molecule has 2 saturated heterocycles. The second-order valence-electron chi connectivity index (χ2n) is 5.27. The summed E-state index contributed by atoms with van der Waals surface area (Å²) in [5, 5.41) is 0. The summed E-state index contributed by atoms with van der Waals surface area (Å²) in [6.45, 7) is 8.95. The molecule has 2 heterocycles. The van der Waals surface area contributed by atoms with E-state index in [9.17, 15) is 0 Å². The van der Waals surface area contributed by atoms with Crippen molar-refractivity contribution in [2.24, 2.45) is 16.6 Å². The normalized spacial score (nSPS) is 24.5. The maximum Gasteiger partial charge on any atom is 0.191 e. The molecule has 0 unspecified atom stereocenters. The summed E-state index contributed by atoms with van der Waals surface area (Å²) in [6.07, 6.45) is 5.34. The molecular weight excluding hydrogens is 212 g/mol. The van der Waals surface area contributed by atoms with Crippen LogP contribution in [-0.4, -0.2) is 55.0 Å². The summed E-state index contributed by atoms with van der Waals surface area (Å²) < 4.78 is 0. The van der Waals surface area contributed by atoms with Gasteiger partial charge in [0.15, 0.2) is 5.96 Å². The fraction of sp³-hybridized carbons (Fsp3) is 0.923. The first kappa shape index (κ1) is 12.7. The standard InChI is InChI=1S/C13H26N4/c1-2-15-13(14)17-9-5-12(6-10-17)11-16-7-3-4-8-16/h12H,2-11H2,1H3,(H2,14,15). The Morgan fingerprint density at radius 3 is 2.41 bits per heavy atom. The van der Waals surface area contributed by atoms with Crippen LogP contribution in [0.15, 0.2) is 4.99 Å². The quantitative estimate of drug-likeness (QED) is 0.592. The summed E-state index contributed by atoms with van der Waals surface area (Å²) in [6, 6.07) is 0. The van der Waals surface area contributed by atoms with E-state index in [1.54, 1.807) is 0 Å². The van der Waals surface area contributed by atoms with E-state index < -0.39 is 0 Å². The van der Waals surface area contributed by atoms with E-state index in [0.29, 0.717) is 0 Å². The molecule has 0 atom stereocenters. The number of hydrogen-bond donors (Lipinski definition) is 1. The molecule has 0 amide bonds. The summed E-state index contributed by atoms with van der Waals surface area (Å²) in [4.78, 5) is 9.16. The molecule has 0 aromatic carbocycles. The molecule has 17 heavy (non-hydrogen) atoms. The van der Waals surface area contributed by atoms with Gasteiger partial charge in [-0.05, 0) is 51.6 Å². The first-order valence-corrected chi connectivity index (χ1v) is 7.07. The Morgan fingerprint density at radius 2 is 1.82 bits per heavy atom. The van der Waals surface area contributed by atoms with Crippen molar-refractivity contribution in [3.8, 4) is 0 Å². The number of guanidine groups is 1. The predicted molar refractivity (Wildman–Crippen MR) is 72.1 cm³/mol. The molecule has 4 heteroatoms. The number of nitrogens with two attached hydrogens (primary N) is 1. The van der Waals surface area contributed by atoms with E-state index >= 15 is 0 Å². The van der Waals surface area contributed by atoms with Crippen molar-refractivity contribution in [2.45, 2.75) is 32.6 Å². The number of aliphatic imine (C=N–C) groups is 1. The average molecular weight is 238 g/mol. The fourth-order valence-corrected chi connectivity index (χ4v) is 2.94. The zero-order valence-electron chi connectivity index (χ0n) is 11.1. The van der Waals surface area contributed by atoms with Gasteiger partial charge in [-0.3, -0.25) is 4.99 Å². The van der Waals surface area contributed by atoms with Crippen LogP contribution in [0, 0.1) is 5.92 Å². The summed E-state index contributed by atoms with van der Waals surface area (Å²) in [5.41, 5.74) is 5.93. The van der Waals surface area contributed by atoms with E-state index in [0.717, 1.165) is 31.5 Å². The van der Waals surface area contributed by atoms with Crippen molar-refractivity contribution < 1.29 is 0 Å². The molecule has 2 fully saturated rings. The minimum absolute atomic E-state index is 0.743. The molecule has 0 saturated carbocycles. The van der Waals surface area contributed by atoms with Gasteiger partial charge in [-0.25, -0.2) is 0 Å². The average Bonchev–Trinajstić information content (AvgIpc) is 2.83. The van der Waals surface area contributed by atoms with E-state index in [4.69, 9.17) is 5.73 Å². The lowest BCUT2D eigenvalue weighted by Gasteiger charge is -2.34. The van der Waals surface area contributed by atoms with Gasteiger partial charge in [0.2, 0.25) is 0 Å². The number of likely N-dealkylation sites (tertiary alicyclic amines) is 2. The SMILES string of the molecule is CCN=C(N)N1CCC(CN2CCCC2)CC1. The van der Waals surface area contributed by atoms with Gasteiger partial charge in [-0.1, -0.05) is 0 Å². The van der Waals surface area contributed by atoms with Gasteiger partial charge < -0.3 is 15.5 Å². The van der Waals surface area contributed by atoms with Crippen molar-refractivity contribution in [3.05, 3.63) is 0 Å². The van der Waals surface area contributed by atoms with Crippen molar-refractivity contribution in [3.63, 3.8) is 0 Å². The van der Waals surface area contributed by atoms with Gasteiger partial charge >= 0.3 is 0 Å². The molecule has 2 N–H and O–H groups in total. The molecule has 2 aliphatic rings. The van der Waals surface area contributed by atoms with E-state index in [1.807, 2.05) is 6.92 Å². The highest BCUT2D eigenvalue weighted by Gasteiger charge is 2.23. The molecule has 98 valence electrons. The van der Waals surface area contributed by atoms with Gasteiger partial charge in [0.1, 0.15) is 0 Å². The van der Waals surface area contributed by atoms with Gasteiger partial charge in [0.25, 0.3) is 0 Å². The number of hydrogen-bond acceptors (Lipinski definition) is 2. The first-order chi connectivity index (χ1) is 8.29. The summed E-state index contributed by atoms with van der Waals surface area (Å²) in [7, 11) is 0. The Labute approximate surface area is 105 Å². The van der Waals surface area contributed by atoms with Crippen LogP contribution in [0.3, 0.4) is 0 Å². The van der Waals surface area contributed by atoms with E-state index in [1.165, 1.54) is 45.3 Å². The zero-order chi connectivity index (χ0) is 12.1. The van der Waals surface area contributed by atoms with Crippen LogP contribution in [0.25, 0.3) is 0 Å². The van der Waals surface area contributed by atoms with Gasteiger partial charge in [-0.2, -0.15) is 0 Å². The van der Waals surface area contributed by atoms with Crippen molar-refractivity contribution >= 4 is 5.96 Å². The van der Waals surface area contributed by atoms with Gasteiger partial charge in [0.05, 0.1) is 0 Å². The largest absolute Gasteiger partial charge is 0.370 e. The maximum absolute atomic E-state index is 5.93. The minimum atomic E-state index is 0.743. The number of piperidine rings is 1. The number of rotatable bonds is 3. The van der Waals surface area contributed by atoms with Crippen LogP contribution in [0.5, 0.6) is 0 Å². The molecule has 4 nitrogen and oxygen atoms in total. The van der Waals surface area contributed by atoms with Gasteiger partial charge in [0, 0.05) is 26.2 Å². The zero-order valence-corrected chi connectivity index (χ0v) is 11.1. The lowest BCUT2D eigenvalue weighted by atomic mass is 9.96. The van der Waals surface area contributed by atoms with Crippen molar-refractivity contribution in [1.82, 2.24) is 9.80 Å². The second-order valence-corrected chi connectivity index (χ2v) is 5.27. The van der Waals surface area contributed by atoms with Crippen molar-refractivity contribution in [1.29, 1.82) is 0 Å². The van der Waals surface area contributed by atoms with E-state index in [-0.39, 0.29) is 0 Å². The Morgan fingerprint density at radius 1 is 1.18 bits per heavy atom. The van der Waals surface area contributed by atoms with Gasteiger partial charge in [-0.15, -0.1) is 0 Å². The fourth-order valence-electron chi connectivity index (χ4n) is 2.94. The highest BCUT2D eigenvalue weighted by atomic mass is 15.3. The monoisotopic (exact) mass is 238 g/mol.